The van der Waals surface area contributed by atoms with Gasteiger partial charge < -0.3 is 10.2 Å². The summed E-state index contributed by atoms with van der Waals surface area (Å²) in [6.07, 6.45) is 4.26. The van der Waals surface area contributed by atoms with Crippen molar-refractivity contribution in [1.82, 2.24) is 9.80 Å². The molecule has 0 aliphatic heterocycles. The van der Waals surface area contributed by atoms with E-state index < -0.39 is 0 Å². The van der Waals surface area contributed by atoms with Crippen LogP contribution in [0.4, 0.5) is 10.5 Å². The van der Waals surface area contributed by atoms with Crippen molar-refractivity contribution in [2.24, 2.45) is 5.92 Å². The van der Waals surface area contributed by atoms with Crippen LogP contribution >= 0.6 is 0 Å². The Kier molecular flexibility index (Phi) is 8.29. The van der Waals surface area contributed by atoms with Gasteiger partial charge in [-0.25, -0.2) is 4.79 Å². The SMILES string of the molecule is CC(C)c1ccc(NC(=O)N(CCN(C(C)C)C(C)C)[C@@H]2CC[C@]3(c4cccc(C#N)c4)CC3C2)cc1. The second-order valence-electron chi connectivity index (χ2n) is 12.0. The maximum Gasteiger partial charge on any atom is 0.322 e. The third kappa shape index (κ3) is 6.02. The standard InChI is InChI=1S/C32H44N4O/c1-22(2)26-10-12-29(13-11-26)34-31(37)36(17-16-35(23(3)4)24(5)6)30-14-15-32(20-28(32)19-30)27-9-7-8-25(18-27)21-33/h7-13,18,22-24,28,30H,14-17,19-20H2,1-6H3,(H,34,37)/t28?,30-,32-/m1/s1. The zero-order valence-corrected chi connectivity index (χ0v) is 23.5. The van der Waals surface area contributed by atoms with Crippen molar-refractivity contribution >= 4 is 11.7 Å². The molecular formula is C32H44N4O. The molecule has 2 saturated carbocycles. The number of hydrogen-bond donors (Lipinski definition) is 1. The maximum atomic E-state index is 13.7. The number of anilines is 1. The summed E-state index contributed by atoms with van der Waals surface area (Å²) in [6, 6.07) is 19.8. The van der Waals surface area contributed by atoms with Gasteiger partial charge in [0.2, 0.25) is 0 Å². The minimum absolute atomic E-state index is 0.00869. The van der Waals surface area contributed by atoms with Gasteiger partial charge in [-0.05, 0) is 106 Å². The van der Waals surface area contributed by atoms with E-state index in [1.807, 2.05) is 24.3 Å². The third-order valence-corrected chi connectivity index (χ3v) is 8.73. The quantitative estimate of drug-likeness (QED) is 0.398. The number of benzene rings is 2. The minimum Gasteiger partial charge on any atom is -0.320 e. The number of urea groups is 1. The molecule has 0 aromatic heterocycles. The van der Waals surface area contributed by atoms with Gasteiger partial charge in [0.15, 0.2) is 0 Å². The number of nitrogens with zero attached hydrogens (tertiary/aromatic N) is 3. The van der Waals surface area contributed by atoms with Crippen molar-refractivity contribution in [3.63, 3.8) is 0 Å². The lowest BCUT2D eigenvalue weighted by Crippen LogP contribution is -2.50. The van der Waals surface area contributed by atoms with Gasteiger partial charge in [0, 0.05) is 36.9 Å². The summed E-state index contributed by atoms with van der Waals surface area (Å²) in [5.41, 5.74) is 4.37. The van der Waals surface area contributed by atoms with Gasteiger partial charge in [-0.15, -0.1) is 0 Å². The van der Waals surface area contributed by atoms with E-state index in [1.165, 1.54) is 11.1 Å². The van der Waals surface area contributed by atoms with Crippen LogP contribution in [0.2, 0.25) is 0 Å². The molecule has 2 aromatic carbocycles. The number of hydrogen-bond acceptors (Lipinski definition) is 3. The highest BCUT2D eigenvalue weighted by Gasteiger charge is 2.58. The lowest BCUT2D eigenvalue weighted by molar-refractivity contribution is 0.120. The molecule has 2 aliphatic rings. The maximum absolute atomic E-state index is 13.7. The minimum atomic E-state index is 0.00869. The second-order valence-corrected chi connectivity index (χ2v) is 12.0. The molecule has 2 amide bonds. The van der Waals surface area contributed by atoms with Gasteiger partial charge in [0.05, 0.1) is 11.6 Å². The number of fused-ring (bicyclic) bond motifs is 1. The van der Waals surface area contributed by atoms with Crippen LogP contribution in [0.1, 0.15) is 89.8 Å². The Morgan fingerprint density at radius 1 is 1.05 bits per heavy atom. The average molecular weight is 501 g/mol. The Hall–Kier alpha value is -2.84. The van der Waals surface area contributed by atoms with Gasteiger partial charge in [0.1, 0.15) is 0 Å². The van der Waals surface area contributed by atoms with E-state index in [4.69, 9.17) is 0 Å². The number of amides is 2. The normalized spacial score (nSPS) is 22.7. The van der Waals surface area contributed by atoms with E-state index in [2.05, 4.69) is 87.0 Å². The summed E-state index contributed by atoms with van der Waals surface area (Å²) in [5.74, 6) is 1.04. The molecule has 4 rings (SSSR count). The molecule has 2 aromatic rings. The molecule has 3 atom stereocenters. The van der Waals surface area contributed by atoms with Gasteiger partial charge in [-0.1, -0.05) is 38.1 Å². The lowest BCUT2D eigenvalue weighted by atomic mass is 9.80. The number of rotatable bonds is 9. The average Bonchev–Trinajstić information content (AvgIpc) is 3.61. The summed E-state index contributed by atoms with van der Waals surface area (Å²) in [6.45, 7) is 14.9. The predicted molar refractivity (Wildman–Crippen MR) is 152 cm³/mol. The van der Waals surface area contributed by atoms with E-state index in [0.717, 1.165) is 50.0 Å². The van der Waals surface area contributed by atoms with Crippen molar-refractivity contribution in [1.29, 1.82) is 5.26 Å². The molecule has 37 heavy (non-hydrogen) atoms. The molecule has 2 fully saturated rings. The fraction of sp³-hybridized carbons (Fsp3) is 0.562. The van der Waals surface area contributed by atoms with Crippen LogP contribution in [0, 0.1) is 17.2 Å². The molecule has 0 saturated heterocycles. The summed E-state index contributed by atoms with van der Waals surface area (Å²) in [7, 11) is 0. The third-order valence-electron chi connectivity index (χ3n) is 8.73. The molecule has 0 radical (unpaired) electrons. The first-order valence-electron chi connectivity index (χ1n) is 14.1. The van der Waals surface area contributed by atoms with Crippen LogP contribution < -0.4 is 5.32 Å². The zero-order valence-electron chi connectivity index (χ0n) is 23.5. The zero-order chi connectivity index (χ0) is 26.7. The molecule has 0 bridgehead atoms. The molecule has 0 heterocycles. The van der Waals surface area contributed by atoms with Gasteiger partial charge in [-0.3, -0.25) is 4.90 Å². The van der Waals surface area contributed by atoms with Crippen molar-refractivity contribution in [3.05, 3.63) is 65.2 Å². The topological polar surface area (TPSA) is 59.4 Å². The number of carbonyl (C=O) groups is 1. The summed E-state index contributed by atoms with van der Waals surface area (Å²) >= 11 is 0. The molecule has 5 nitrogen and oxygen atoms in total. The van der Waals surface area contributed by atoms with E-state index in [-0.39, 0.29) is 17.5 Å². The Morgan fingerprint density at radius 2 is 1.76 bits per heavy atom. The second kappa shape index (κ2) is 11.3. The summed E-state index contributed by atoms with van der Waals surface area (Å²) in [4.78, 5) is 18.3. The Balaban J connectivity index is 1.49. The molecular weight excluding hydrogens is 456 g/mol. The monoisotopic (exact) mass is 500 g/mol. The molecule has 1 unspecified atom stereocenters. The predicted octanol–water partition coefficient (Wildman–Crippen LogP) is 7.14. The highest BCUT2D eigenvalue weighted by molar-refractivity contribution is 5.89. The first-order valence-corrected chi connectivity index (χ1v) is 14.1. The smallest absolute Gasteiger partial charge is 0.320 e. The summed E-state index contributed by atoms with van der Waals surface area (Å²) in [5, 5.41) is 12.6. The van der Waals surface area contributed by atoms with Crippen LogP contribution in [-0.4, -0.2) is 47.0 Å². The summed E-state index contributed by atoms with van der Waals surface area (Å²) < 4.78 is 0. The fourth-order valence-corrected chi connectivity index (χ4v) is 6.48. The van der Waals surface area contributed by atoms with Gasteiger partial charge in [0.25, 0.3) is 0 Å². The Bertz CT molecular complexity index is 1110. The largest absolute Gasteiger partial charge is 0.322 e. The van der Waals surface area contributed by atoms with Crippen LogP contribution in [0.3, 0.4) is 0 Å². The number of nitrogens with one attached hydrogen (secondary N) is 1. The highest BCUT2D eigenvalue weighted by Crippen LogP contribution is 2.62. The molecule has 198 valence electrons. The molecule has 5 heteroatoms. The molecule has 2 aliphatic carbocycles. The van der Waals surface area contributed by atoms with Crippen LogP contribution in [-0.2, 0) is 5.41 Å². The first-order chi connectivity index (χ1) is 17.6. The Morgan fingerprint density at radius 3 is 2.35 bits per heavy atom. The van der Waals surface area contributed by atoms with Crippen molar-refractivity contribution < 1.29 is 4.79 Å². The van der Waals surface area contributed by atoms with Gasteiger partial charge in [-0.2, -0.15) is 5.26 Å². The van der Waals surface area contributed by atoms with Crippen molar-refractivity contribution in [2.45, 2.75) is 96.7 Å². The number of nitriles is 1. The van der Waals surface area contributed by atoms with Gasteiger partial charge >= 0.3 is 6.03 Å². The van der Waals surface area contributed by atoms with Crippen LogP contribution in [0.25, 0.3) is 0 Å². The van der Waals surface area contributed by atoms with E-state index in [9.17, 15) is 10.1 Å². The molecule has 0 spiro atoms. The number of carbonyl (C=O) groups excluding carboxylic acids is 1. The van der Waals surface area contributed by atoms with E-state index in [1.54, 1.807) is 0 Å². The molecule has 1 N–H and O–H groups in total. The van der Waals surface area contributed by atoms with Crippen LogP contribution in [0.5, 0.6) is 0 Å². The van der Waals surface area contributed by atoms with Crippen LogP contribution in [0.15, 0.2) is 48.5 Å². The van der Waals surface area contributed by atoms with Crippen molar-refractivity contribution in [2.75, 3.05) is 18.4 Å². The van der Waals surface area contributed by atoms with Crippen molar-refractivity contribution in [3.8, 4) is 6.07 Å². The van der Waals surface area contributed by atoms with E-state index >= 15 is 0 Å². The highest BCUT2D eigenvalue weighted by atomic mass is 16.2. The fourth-order valence-electron chi connectivity index (χ4n) is 6.48. The first kappa shape index (κ1) is 27.2. The lowest BCUT2D eigenvalue weighted by Gasteiger charge is -2.39. The Labute approximate surface area is 223 Å². The van der Waals surface area contributed by atoms with E-state index in [0.29, 0.717) is 23.9 Å².